The van der Waals surface area contributed by atoms with Crippen molar-refractivity contribution < 1.29 is 0 Å². The number of benzene rings is 1. The fraction of sp³-hybridized carbons (Fsp3) is 0.190. The van der Waals surface area contributed by atoms with E-state index in [1.54, 1.807) is 19.5 Å². The smallest absolute Gasteiger partial charge is 0.161 e. The number of aliphatic imine (C=N–C) groups is 1. The van der Waals surface area contributed by atoms with Gasteiger partial charge in [0.1, 0.15) is 5.82 Å². The van der Waals surface area contributed by atoms with E-state index < -0.39 is 0 Å². The topological polar surface area (TPSA) is 67.4 Å². The first-order valence-electron chi connectivity index (χ1n) is 8.33. The summed E-state index contributed by atoms with van der Waals surface area (Å²) in [4.78, 5) is 15.0. The molecule has 2 rings (SSSR count). The molecule has 0 aliphatic carbocycles. The largest absolute Gasteiger partial charge is 0.383 e. The molecule has 0 saturated carbocycles. The van der Waals surface area contributed by atoms with Crippen LogP contribution in [0.15, 0.2) is 60.4 Å². The van der Waals surface area contributed by atoms with Crippen molar-refractivity contribution in [1.29, 1.82) is 0 Å². The van der Waals surface area contributed by atoms with Gasteiger partial charge in [0.25, 0.3) is 0 Å². The zero-order valence-corrected chi connectivity index (χ0v) is 15.8. The second-order valence-corrected chi connectivity index (χ2v) is 5.96. The highest BCUT2D eigenvalue weighted by Crippen LogP contribution is 2.25. The molecule has 1 aromatic carbocycles. The van der Waals surface area contributed by atoms with Crippen molar-refractivity contribution in [3.8, 4) is 11.4 Å². The van der Waals surface area contributed by atoms with Crippen molar-refractivity contribution in [2.45, 2.75) is 6.92 Å². The van der Waals surface area contributed by atoms with Crippen molar-refractivity contribution in [2.24, 2.45) is 4.99 Å². The van der Waals surface area contributed by atoms with Crippen LogP contribution in [0.3, 0.4) is 0 Å². The molecule has 0 fully saturated rings. The van der Waals surface area contributed by atoms with Gasteiger partial charge in [-0.3, -0.25) is 4.99 Å². The maximum atomic E-state index is 6.17. The SMILES string of the molecule is C=C/C(=C\N(C)C)c1cccc(-c2ncc(C(/C=N\C)=C/C)c(N)n2)c1. The van der Waals surface area contributed by atoms with Crippen molar-refractivity contribution in [3.05, 3.63) is 66.5 Å². The number of allylic oxidation sites excluding steroid dienone is 4. The van der Waals surface area contributed by atoms with E-state index in [1.165, 1.54) is 0 Å². The summed E-state index contributed by atoms with van der Waals surface area (Å²) in [6.07, 6.45) is 9.28. The number of hydrogen-bond donors (Lipinski definition) is 1. The van der Waals surface area contributed by atoms with Crippen LogP contribution < -0.4 is 5.73 Å². The summed E-state index contributed by atoms with van der Waals surface area (Å²) >= 11 is 0. The second-order valence-electron chi connectivity index (χ2n) is 5.96. The Labute approximate surface area is 155 Å². The molecule has 0 radical (unpaired) electrons. The maximum Gasteiger partial charge on any atom is 0.161 e. The molecule has 0 atom stereocenters. The number of aromatic nitrogens is 2. The van der Waals surface area contributed by atoms with Gasteiger partial charge in [0, 0.05) is 56.5 Å². The minimum atomic E-state index is 0.432. The zero-order valence-electron chi connectivity index (χ0n) is 15.8. The third-order valence-corrected chi connectivity index (χ3v) is 3.78. The summed E-state index contributed by atoms with van der Waals surface area (Å²) in [7, 11) is 5.68. The molecule has 0 unspecified atom stereocenters. The first kappa shape index (κ1) is 19.1. The van der Waals surface area contributed by atoms with Crippen LogP contribution in [-0.2, 0) is 0 Å². The standard InChI is InChI=1S/C21H25N5/c1-6-15(12-23-3)19-13-24-21(25-20(19)22)18-10-8-9-17(11-18)16(7-2)14-26(4)5/h6-14H,2H2,1,3-5H3,(H2,22,24,25)/b15-6+,16-14+,23-12-. The molecule has 1 aromatic heterocycles. The van der Waals surface area contributed by atoms with Crippen LogP contribution in [0.2, 0.25) is 0 Å². The monoisotopic (exact) mass is 347 g/mol. The lowest BCUT2D eigenvalue weighted by Crippen LogP contribution is -2.03. The Kier molecular flexibility index (Phi) is 6.44. The first-order valence-corrected chi connectivity index (χ1v) is 8.33. The van der Waals surface area contributed by atoms with Gasteiger partial charge in [-0.15, -0.1) is 0 Å². The molecule has 5 nitrogen and oxygen atoms in total. The molecule has 134 valence electrons. The molecule has 0 amide bonds. The van der Waals surface area contributed by atoms with Crippen molar-refractivity contribution in [1.82, 2.24) is 14.9 Å². The second kappa shape index (κ2) is 8.76. The Balaban J connectivity index is 2.45. The van der Waals surface area contributed by atoms with Gasteiger partial charge in [-0.2, -0.15) is 0 Å². The quantitative estimate of drug-likeness (QED) is 0.635. The number of nitrogens with zero attached hydrogens (tertiary/aromatic N) is 4. The fourth-order valence-corrected chi connectivity index (χ4v) is 2.56. The van der Waals surface area contributed by atoms with Gasteiger partial charge in [-0.1, -0.05) is 36.9 Å². The van der Waals surface area contributed by atoms with Crippen LogP contribution >= 0.6 is 0 Å². The molecule has 2 aromatic rings. The minimum absolute atomic E-state index is 0.432. The Morgan fingerprint density at radius 3 is 2.62 bits per heavy atom. The van der Waals surface area contributed by atoms with E-state index in [4.69, 9.17) is 5.73 Å². The van der Waals surface area contributed by atoms with Crippen LogP contribution in [0.5, 0.6) is 0 Å². The van der Waals surface area contributed by atoms with Crippen molar-refractivity contribution in [3.63, 3.8) is 0 Å². The average Bonchev–Trinajstić information content (AvgIpc) is 2.64. The Morgan fingerprint density at radius 1 is 1.27 bits per heavy atom. The fourth-order valence-electron chi connectivity index (χ4n) is 2.56. The molecule has 0 aliphatic heterocycles. The third kappa shape index (κ3) is 4.45. The number of nitrogens with two attached hydrogens (primary N) is 1. The summed E-state index contributed by atoms with van der Waals surface area (Å²) < 4.78 is 0. The van der Waals surface area contributed by atoms with Crippen molar-refractivity contribution >= 4 is 23.2 Å². The molecule has 5 heteroatoms. The first-order chi connectivity index (χ1) is 12.5. The highest BCUT2D eigenvalue weighted by Gasteiger charge is 2.10. The molecule has 2 N–H and O–H groups in total. The molecule has 26 heavy (non-hydrogen) atoms. The highest BCUT2D eigenvalue weighted by atomic mass is 15.0. The normalized spacial score (nSPS) is 12.5. The van der Waals surface area contributed by atoms with E-state index in [1.807, 2.05) is 68.5 Å². The van der Waals surface area contributed by atoms with Gasteiger partial charge in [-0.05, 0) is 24.1 Å². The zero-order chi connectivity index (χ0) is 19.1. The molecule has 0 spiro atoms. The summed E-state index contributed by atoms with van der Waals surface area (Å²) in [5.41, 5.74) is 10.8. The van der Waals surface area contributed by atoms with Crippen LogP contribution in [-0.4, -0.2) is 42.2 Å². The Hall–Kier alpha value is -3.21. The van der Waals surface area contributed by atoms with Gasteiger partial charge < -0.3 is 10.6 Å². The van der Waals surface area contributed by atoms with Crippen LogP contribution in [0.4, 0.5) is 5.82 Å². The van der Waals surface area contributed by atoms with E-state index in [0.29, 0.717) is 11.6 Å². The van der Waals surface area contributed by atoms with E-state index >= 15 is 0 Å². The highest BCUT2D eigenvalue weighted by molar-refractivity contribution is 6.11. The Bertz CT molecular complexity index is 876. The minimum Gasteiger partial charge on any atom is -0.383 e. The van der Waals surface area contributed by atoms with Crippen LogP contribution in [0, 0.1) is 0 Å². The van der Waals surface area contributed by atoms with Crippen LogP contribution in [0.25, 0.3) is 22.5 Å². The molecule has 1 heterocycles. The predicted molar refractivity (Wildman–Crippen MR) is 112 cm³/mol. The van der Waals surface area contributed by atoms with E-state index in [2.05, 4.69) is 21.5 Å². The van der Waals surface area contributed by atoms with Crippen LogP contribution in [0.1, 0.15) is 18.1 Å². The molecular formula is C21H25N5. The number of hydrogen-bond acceptors (Lipinski definition) is 5. The van der Waals surface area contributed by atoms with Gasteiger partial charge in [0.2, 0.25) is 0 Å². The third-order valence-electron chi connectivity index (χ3n) is 3.78. The molecule has 0 bridgehead atoms. The van der Waals surface area contributed by atoms with Gasteiger partial charge in [0.05, 0.1) is 0 Å². The van der Waals surface area contributed by atoms with E-state index in [0.717, 1.165) is 27.8 Å². The molecular weight excluding hydrogens is 322 g/mol. The number of rotatable bonds is 6. The lowest BCUT2D eigenvalue weighted by Gasteiger charge is -2.11. The van der Waals surface area contributed by atoms with Gasteiger partial charge >= 0.3 is 0 Å². The lowest BCUT2D eigenvalue weighted by atomic mass is 10.0. The van der Waals surface area contributed by atoms with E-state index in [-0.39, 0.29) is 0 Å². The summed E-state index contributed by atoms with van der Waals surface area (Å²) in [6, 6.07) is 8.02. The predicted octanol–water partition coefficient (Wildman–Crippen LogP) is 3.92. The average molecular weight is 347 g/mol. The van der Waals surface area contributed by atoms with E-state index in [9.17, 15) is 0 Å². The Morgan fingerprint density at radius 2 is 2.04 bits per heavy atom. The number of anilines is 1. The summed E-state index contributed by atoms with van der Waals surface area (Å²) in [6.45, 7) is 5.83. The molecule has 0 aliphatic rings. The summed E-state index contributed by atoms with van der Waals surface area (Å²) in [5, 5.41) is 0. The number of nitrogen functional groups attached to an aromatic ring is 1. The maximum absolute atomic E-state index is 6.17. The van der Waals surface area contributed by atoms with Gasteiger partial charge in [0.15, 0.2) is 5.82 Å². The lowest BCUT2D eigenvalue weighted by molar-refractivity contribution is 0.566. The molecule has 0 saturated heterocycles. The van der Waals surface area contributed by atoms with Crippen molar-refractivity contribution in [2.75, 3.05) is 26.9 Å². The van der Waals surface area contributed by atoms with Gasteiger partial charge in [-0.25, -0.2) is 9.97 Å². The summed E-state index contributed by atoms with van der Waals surface area (Å²) in [5.74, 6) is 1.02.